The molecular formula is C15H17F2NO5. The molecule has 2 N–H and O–H groups in total. The Balaban J connectivity index is 1.89. The Bertz CT molecular complexity index is 570. The average molecular weight is 329 g/mol. The van der Waals surface area contributed by atoms with Crippen molar-refractivity contribution >= 4 is 12.1 Å². The van der Waals surface area contributed by atoms with Crippen molar-refractivity contribution in [1.29, 1.82) is 0 Å². The van der Waals surface area contributed by atoms with Crippen LogP contribution in [0.2, 0.25) is 0 Å². The Morgan fingerprint density at radius 2 is 1.78 bits per heavy atom. The normalized spacial score (nSPS) is 17.6. The van der Waals surface area contributed by atoms with Gasteiger partial charge in [0.15, 0.2) is 0 Å². The van der Waals surface area contributed by atoms with Gasteiger partial charge >= 0.3 is 18.0 Å². The lowest BCUT2D eigenvalue weighted by atomic mass is 9.85. The maximum Gasteiger partial charge on any atom is 0.410 e. The summed E-state index contributed by atoms with van der Waals surface area (Å²) >= 11 is 0. The van der Waals surface area contributed by atoms with E-state index in [0.29, 0.717) is 0 Å². The third-order valence-electron chi connectivity index (χ3n) is 3.91. The summed E-state index contributed by atoms with van der Waals surface area (Å²) in [4.78, 5) is 23.6. The fourth-order valence-corrected chi connectivity index (χ4v) is 2.38. The number of carboxylic acid groups (broad SMARTS) is 1. The average Bonchev–Trinajstić information content (AvgIpc) is 2.54. The van der Waals surface area contributed by atoms with Crippen molar-refractivity contribution in [3.8, 4) is 0 Å². The third-order valence-corrected chi connectivity index (χ3v) is 3.91. The van der Waals surface area contributed by atoms with E-state index in [4.69, 9.17) is 9.84 Å². The van der Waals surface area contributed by atoms with Crippen LogP contribution in [0.1, 0.15) is 18.4 Å². The van der Waals surface area contributed by atoms with Gasteiger partial charge in [-0.2, -0.15) is 8.78 Å². The van der Waals surface area contributed by atoms with Gasteiger partial charge in [-0.3, -0.25) is 0 Å². The van der Waals surface area contributed by atoms with E-state index in [0.717, 1.165) is 5.56 Å². The Hall–Kier alpha value is -2.22. The van der Waals surface area contributed by atoms with Crippen LogP contribution < -0.4 is 0 Å². The summed E-state index contributed by atoms with van der Waals surface area (Å²) in [6.45, 7) is -0.355. The molecule has 6 nitrogen and oxygen atoms in total. The molecule has 0 atom stereocenters. The van der Waals surface area contributed by atoms with Gasteiger partial charge in [0.25, 0.3) is 0 Å². The molecule has 23 heavy (non-hydrogen) atoms. The number of halogens is 2. The molecule has 0 spiro atoms. The lowest BCUT2D eigenvalue weighted by Crippen LogP contribution is -2.59. The zero-order chi connectivity index (χ0) is 17.1. The number of nitrogens with zero attached hydrogens (tertiary/aromatic N) is 1. The van der Waals surface area contributed by atoms with Gasteiger partial charge in [-0.05, 0) is 5.56 Å². The second kappa shape index (κ2) is 6.49. The van der Waals surface area contributed by atoms with Crippen molar-refractivity contribution < 1.29 is 33.3 Å². The summed E-state index contributed by atoms with van der Waals surface area (Å²) in [6.07, 6.45) is -1.76. The number of piperidine rings is 1. The number of hydrogen-bond acceptors (Lipinski definition) is 4. The van der Waals surface area contributed by atoms with Gasteiger partial charge in [-0.15, -0.1) is 0 Å². The van der Waals surface area contributed by atoms with Gasteiger partial charge in [0, 0.05) is 25.9 Å². The molecule has 2 rings (SSSR count). The molecule has 1 aliphatic rings. The number of likely N-dealkylation sites (tertiary alicyclic amines) is 1. The van der Waals surface area contributed by atoms with Crippen LogP contribution in [-0.2, 0) is 16.1 Å². The summed E-state index contributed by atoms with van der Waals surface area (Å²) < 4.78 is 32.1. The molecule has 1 aromatic rings. The Morgan fingerprint density at radius 1 is 1.22 bits per heavy atom. The van der Waals surface area contributed by atoms with E-state index in [1.165, 1.54) is 4.90 Å². The number of hydrogen-bond donors (Lipinski definition) is 2. The minimum Gasteiger partial charge on any atom is -0.477 e. The molecule has 1 aliphatic heterocycles. The molecule has 126 valence electrons. The first-order chi connectivity index (χ1) is 10.8. The summed E-state index contributed by atoms with van der Waals surface area (Å²) in [5.41, 5.74) is -1.87. The van der Waals surface area contributed by atoms with Crippen LogP contribution >= 0.6 is 0 Å². The van der Waals surface area contributed by atoms with Crippen molar-refractivity contribution in [3.05, 3.63) is 35.9 Å². The highest BCUT2D eigenvalue weighted by Crippen LogP contribution is 2.37. The molecule has 0 unspecified atom stereocenters. The van der Waals surface area contributed by atoms with Gasteiger partial charge in [0.2, 0.25) is 0 Å². The number of amides is 1. The standard InChI is InChI=1S/C15H17F2NO5/c16-15(17,12(19)20)14(22)6-8-18(9-7-14)13(21)23-10-11-4-2-1-3-5-11/h1-5,22H,6-10H2,(H,19,20). The molecular weight excluding hydrogens is 312 g/mol. The fourth-order valence-electron chi connectivity index (χ4n) is 2.38. The molecule has 1 saturated heterocycles. The topological polar surface area (TPSA) is 87.1 Å². The zero-order valence-corrected chi connectivity index (χ0v) is 12.2. The Kier molecular flexibility index (Phi) is 4.84. The van der Waals surface area contributed by atoms with Gasteiger partial charge in [0.1, 0.15) is 12.2 Å². The lowest BCUT2D eigenvalue weighted by molar-refractivity contribution is -0.217. The Labute approximate surface area is 131 Å². The number of benzene rings is 1. The molecule has 1 fully saturated rings. The van der Waals surface area contributed by atoms with E-state index in [1.807, 2.05) is 6.07 Å². The van der Waals surface area contributed by atoms with Crippen LogP contribution in [0.25, 0.3) is 0 Å². The molecule has 1 amide bonds. The minimum absolute atomic E-state index is 0.0473. The van der Waals surface area contributed by atoms with Crippen molar-refractivity contribution in [2.24, 2.45) is 0 Å². The predicted octanol–water partition coefficient (Wildman–Crippen LogP) is 1.87. The van der Waals surface area contributed by atoms with Crippen molar-refractivity contribution in [2.45, 2.75) is 31.0 Å². The first kappa shape index (κ1) is 17.1. The molecule has 1 heterocycles. The number of carboxylic acids is 1. The largest absolute Gasteiger partial charge is 0.477 e. The summed E-state index contributed by atoms with van der Waals surface area (Å²) in [6, 6.07) is 8.95. The van der Waals surface area contributed by atoms with Crippen molar-refractivity contribution in [3.63, 3.8) is 0 Å². The number of aliphatic carboxylic acids is 1. The molecule has 0 bridgehead atoms. The second-order valence-corrected chi connectivity index (χ2v) is 5.44. The first-order valence-electron chi connectivity index (χ1n) is 7.05. The van der Waals surface area contributed by atoms with E-state index >= 15 is 0 Å². The smallest absolute Gasteiger partial charge is 0.410 e. The maximum atomic E-state index is 13.5. The third kappa shape index (κ3) is 3.58. The highest BCUT2D eigenvalue weighted by molar-refractivity contribution is 5.77. The highest BCUT2D eigenvalue weighted by Gasteiger charge is 2.59. The lowest BCUT2D eigenvalue weighted by Gasteiger charge is -2.40. The van der Waals surface area contributed by atoms with E-state index < -0.39 is 36.4 Å². The fraction of sp³-hybridized carbons (Fsp3) is 0.467. The number of ether oxygens (including phenoxy) is 1. The molecule has 1 aromatic carbocycles. The number of alkyl halides is 2. The molecule has 0 radical (unpaired) electrons. The van der Waals surface area contributed by atoms with E-state index in [2.05, 4.69) is 0 Å². The number of rotatable bonds is 4. The molecule has 8 heteroatoms. The quantitative estimate of drug-likeness (QED) is 0.880. The summed E-state index contributed by atoms with van der Waals surface area (Å²) in [5.74, 6) is -6.63. The van der Waals surface area contributed by atoms with Gasteiger partial charge in [-0.1, -0.05) is 30.3 Å². The van der Waals surface area contributed by atoms with Gasteiger partial charge in [-0.25, -0.2) is 9.59 Å². The second-order valence-electron chi connectivity index (χ2n) is 5.44. The number of carbonyl (C=O) groups excluding carboxylic acids is 1. The zero-order valence-electron chi connectivity index (χ0n) is 12.2. The van der Waals surface area contributed by atoms with Crippen LogP contribution in [-0.4, -0.2) is 51.8 Å². The number of aliphatic hydroxyl groups is 1. The summed E-state index contributed by atoms with van der Waals surface area (Å²) in [7, 11) is 0. The molecule has 0 saturated carbocycles. The highest BCUT2D eigenvalue weighted by atomic mass is 19.3. The Morgan fingerprint density at radius 3 is 2.30 bits per heavy atom. The maximum absolute atomic E-state index is 13.5. The van der Waals surface area contributed by atoms with Crippen LogP contribution in [0.5, 0.6) is 0 Å². The van der Waals surface area contributed by atoms with E-state index in [-0.39, 0.29) is 19.7 Å². The van der Waals surface area contributed by atoms with Crippen molar-refractivity contribution in [2.75, 3.05) is 13.1 Å². The van der Waals surface area contributed by atoms with Gasteiger partial charge in [0.05, 0.1) is 0 Å². The number of carbonyl (C=O) groups is 2. The van der Waals surface area contributed by atoms with Crippen LogP contribution in [0, 0.1) is 0 Å². The minimum atomic E-state index is -4.26. The van der Waals surface area contributed by atoms with Crippen molar-refractivity contribution in [1.82, 2.24) is 4.90 Å². The predicted molar refractivity (Wildman–Crippen MR) is 75.0 cm³/mol. The molecule has 0 aromatic heterocycles. The van der Waals surface area contributed by atoms with E-state index in [9.17, 15) is 23.5 Å². The van der Waals surface area contributed by atoms with Gasteiger partial charge < -0.3 is 19.8 Å². The SMILES string of the molecule is O=C(OCc1ccccc1)N1CCC(O)(C(F)(F)C(=O)O)CC1. The monoisotopic (exact) mass is 329 g/mol. The van der Waals surface area contributed by atoms with Crippen LogP contribution in [0.15, 0.2) is 30.3 Å². The van der Waals surface area contributed by atoms with Crippen LogP contribution in [0.4, 0.5) is 13.6 Å². The van der Waals surface area contributed by atoms with Crippen LogP contribution in [0.3, 0.4) is 0 Å². The van der Waals surface area contributed by atoms with E-state index in [1.54, 1.807) is 24.3 Å². The first-order valence-corrected chi connectivity index (χ1v) is 7.05. The summed E-state index contributed by atoms with van der Waals surface area (Å²) in [5, 5.41) is 18.4. The molecule has 0 aliphatic carbocycles.